The molecule has 0 radical (unpaired) electrons. The zero-order chi connectivity index (χ0) is 11.7. The largest absolute Gasteiger partial charge is 0.330 e. The maximum atomic E-state index is 5.76. The van der Waals surface area contributed by atoms with Gasteiger partial charge in [-0.3, -0.25) is 0 Å². The van der Waals surface area contributed by atoms with Gasteiger partial charge in [-0.25, -0.2) is 0 Å². The zero-order valence-corrected chi connectivity index (χ0v) is 10.5. The predicted molar refractivity (Wildman–Crippen MR) is 64.1 cm³/mol. The van der Waals surface area contributed by atoms with E-state index >= 15 is 0 Å². The van der Waals surface area contributed by atoms with Crippen molar-refractivity contribution in [3.8, 4) is 0 Å². The van der Waals surface area contributed by atoms with Crippen LogP contribution in [0, 0.1) is 11.8 Å². The van der Waals surface area contributed by atoms with Gasteiger partial charge in [0.05, 0.1) is 0 Å². The summed E-state index contributed by atoms with van der Waals surface area (Å²) in [5.41, 5.74) is 5.76. The molecule has 90 valence electrons. The second kappa shape index (κ2) is 4.53. The van der Waals surface area contributed by atoms with Gasteiger partial charge in [0.2, 0.25) is 0 Å². The van der Waals surface area contributed by atoms with Gasteiger partial charge in [0, 0.05) is 18.9 Å². The normalized spacial score (nSPS) is 22.2. The van der Waals surface area contributed by atoms with E-state index in [2.05, 4.69) is 35.5 Å². The van der Waals surface area contributed by atoms with E-state index in [1.165, 1.54) is 0 Å². The SMILES string of the molecule is CC(C)C(C)c1nnc2n1CC(CN)CC2. The Morgan fingerprint density at radius 1 is 1.38 bits per heavy atom. The van der Waals surface area contributed by atoms with Gasteiger partial charge in [0.1, 0.15) is 11.6 Å². The first-order chi connectivity index (χ1) is 7.63. The lowest BCUT2D eigenvalue weighted by Crippen LogP contribution is -2.28. The molecule has 0 aromatic carbocycles. The van der Waals surface area contributed by atoms with E-state index in [0.29, 0.717) is 17.8 Å². The molecule has 4 heteroatoms. The Balaban J connectivity index is 2.26. The number of hydrogen-bond donors (Lipinski definition) is 1. The highest BCUT2D eigenvalue weighted by Gasteiger charge is 2.25. The molecule has 0 spiro atoms. The standard InChI is InChI=1S/C12H22N4/c1-8(2)9(3)12-15-14-11-5-4-10(6-13)7-16(11)12/h8-10H,4-7,13H2,1-3H3. The van der Waals surface area contributed by atoms with Gasteiger partial charge in [-0.2, -0.15) is 0 Å². The van der Waals surface area contributed by atoms with Crippen LogP contribution in [-0.4, -0.2) is 21.3 Å². The molecular weight excluding hydrogens is 200 g/mol. The second-order valence-corrected chi connectivity index (χ2v) is 5.26. The molecule has 0 fully saturated rings. The van der Waals surface area contributed by atoms with Crippen LogP contribution in [0.2, 0.25) is 0 Å². The van der Waals surface area contributed by atoms with E-state index in [-0.39, 0.29) is 0 Å². The van der Waals surface area contributed by atoms with Crippen molar-refractivity contribution in [3.63, 3.8) is 0 Å². The summed E-state index contributed by atoms with van der Waals surface area (Å²) in [6.07, 6.45) is 2.18. The third-order valence-corrected chi connectivity index (χ3v) is 3.81. The lowest BCUT2D eigenvalue weighted by molar-refractivity contribution is 0.355. The molecule has 16 heavy (non-hydrogen) atoms. The van der Waals surface area contributed by atoms with Gasteiger partial charge in [-0.15, -0.1) is 10.2 Å². The molecule has 0 saturated carbocycles. The predicted octanol–water partition coefficient (Wildman–Crippen LogP) is 1.56. The molecule has 2 heterocycles. The number of nitrogens with two attached hydrogens (primary N) is 1. The molecule has 1 aliphatic heterocycles. The van der Waals surface area contributed by atoms with Crippen LogP contribution < -0.4 is 5.73 Å². The van der Waals surface area contributed by atoms with Crippen LogP contribution in [0.4, 0.5) is 0 Å². The molecule has 1 aromatic heterocycles. The van der Waals surface area contributed by atoms with Gasteiger partial charge in [0.15, 0.2) is 0 Å². The summed E-state index contributed by atoms with van der Waals surface area (Å²) < 4.78 is 2.30. The van der Waals surface area contributed by atoms with Gasteiger partial charge in [-0.1, -0.05) is 20.8 Å². The van der Waals surface area contributed by atoms with Crippen molar-refractivity contribution in [3.05, 3.63) is 11.6 Å². The first kappa shape index (κ1) is 11.6. The van der Waals surface area contributed by atoms with Crippen molar-refractivity contribution in [1.29, 1.82) is 0 Å². The number of rotatable bonds is 3. The number of fused-ring (bicyclic) bond motifs is 1. The number of nitrogens with zero attached hydrogens (tertiary/aromatic N) is 3. The molecular formula is C12H22N4. The molecule has 2 rings (SSSR count). The van der Waals surface area contributed by atoms with Gasteiger partial charge >= 0.3 is 0 Å². The van der Waals surface area contributed by atoms with Crippen LogP contribution in [0.15, 0.2) is 0 Å². The fourth-order valence-electron chi connectivity index (χ4n) is 2.24. The fourth-order valence-corrected chi connectivity index (χ4v) is 2.24. The van der Waals surface area contributed by atoms with Crippen LogP contribution in [0.1, 0.15) is 44.8 Å². The van der Waals surface area contributed by atoms with Crippen molar-refractivity contribution in [2.45, 2.75) is 46.1 Å². The van der Waals surface area contributed by atoms with Gasteiger partial charge in [0.25, 0.3) is 0 Å². The average Bonchev–Trinajstić information content (AvgIpc) is 2.70. The quantitative estimate of drug-likeness (QED) is 0.844. The highest BCUT2D eigenvalue weighted by molar-refractivity contribution is 5.05. The van der Waals surface area contributed by atoms with Gasteiger partial charge < -0.3 is 10.3 Å². The van der Waals surface area contributed by atoms with Gasteiger partial charge in [-0.05, 0) is 24.8 Å². The van der Waals surface area contributed by atoms with E-state index < -0.39 is 0 Å². The second-order valence-electron chi connectivity index (χ2n) is 5.26. The molecule has 1 aromatic rings. The van der Waals surface area contributed by atoms with Crippen LogP contribution in [-0.2, 0) is 13.0 Å². The molecule has 4 nitrogen and oxygen atoms in total. The zero-order valence-electron chi connectivity index (χ0n) is 10.5. The topological polar surface area (TPSA) is 56.7 Å². The minimum atomic E-state index is 0.470. The summed E-state index contributed by atoms with van der Waals surface area (Å²) in [6.45, 7) is 8.47. The summed E-state index contributed by atoms with van der Waals surface area (Å²) in [7, 11) is 0. The van der Waals surface area contributed by atoms with Crippen LogP contribution in [0.25, 0.3) is 0 Å². The van der Waals surface area contributed by atoms with Crippen LogP contribution in [0.5, 0.6) is 0 Å². The third-order valence-electron chi connectivity index (χ3n) is 3.81. The molecule has 0 bridgehead atoms. The molecule has 0 amide bonds. The van der Waals surface area contributed by atoms with E-state index in [1.54, 1.807) is 0 Å². The summed E-state index contributed by atoms with van der Waals surface area (Å²) in [6, 6.07) is 0. The highest BCUT2D eigenvalue weighted by Crippen LogP contribution is 2.26. The van der Waals surface area contributed by atoms with Crippen LogP contribution >= 0.6 is 0 Å². The van der Waals surface area contributed by atoms with Crippen molar-refractivity contribution >= 4 is 0 Å². The lowest BCUT2D eigenvalue weighted by atomic mass is 9.95. The fraction of sp³-hybridized carbons (Fsp3) is 0.833. The molecule has 2 unspecified atom stereocenters. The summed E-state index contributed by atoms with van der Waals surface area (Å²) in [5.74, 6) is 3.96. The molecule has 2 N–H and O–H groups in total. The monoisotopic (exact) mass is 222 g/mol. The smallest absolute Gasteiger partial charge is 0.136 e. The molecule has 1 aliphatic rings. The molecule has 0 aliphatic carbocycles. The highest BCUT2D eigenvalue weighted by atomic mass is 15.3. The first-order valence-electron chi connectivity index (χ1n) is 6.25. The lowest BCUT2D eigenvalue weighted by Gasteiger charge is -2.25. The minimum Gasteiger partial charge on any atom is -0.330 e. The third kappa shape index (κ3) is 1.98. The Bertz CT molecular complexity index is 356. The summed E-state index contributed by atoms with van der Waals surface area (Å²) in [5, 5.41) is 8.66. The van der Waals surface area contributed by atoms with Crippen molar-refractivity contribution in [1.82, 2.24) is 14.8 Å². The summed E-state index contributed by atoms with van der Waals surface area (Å²) in [4.78, 5) is 0. The Hall–Kier alpha value is -0.900. The average molecular weight is 222 g/mol. The van der Waals surface area contributed by atoms with Crippen molar-refractivity contribution in [2.75, 3.05) is 6.54 Å². The van der Waals surface area contributed by atoms with E-state index in [9.17, 15) is 0 Å². The number of aromatic nitrogens is 3. The van der Waals surface area contributed by atoms with Crippen molar-refractivity contribution in [2.24, 2.45) is 17.6 Å². The van der Waals surface area contributed by atoms with Crippen molar-refractivity contribution < 1.29 is 0 Å². The van der Waals surface area contributed by atoms with E-state index in [1.807, 2.05) is 0 Å². The molecule has 2 atom stereocenters. The maximum absolute atomic E-state index is 5.76. The Morgan fingerprint density at radius 2 is 2.12 bits per heavy atom. The Kier molecular flexibility index (Phi) is 3.28. The number of aryl methyl sites for hydroxylation is 1. The maximum Gasteiger partial charge on any atom is 0.136 e. The first-order valence-corrected chi connectivity index (χ1v) is 6.25. The number of hydrogen-bond acceptors (Lipinski definition) is 3. The Labute approximate surface area is 97.2 Å². The molecule has 0 saturated heterocycles. The minimum absolute atomic E-state index is 0.470. The summed E-state index contributed by atoms with van der Waals surface area (Å²) >= 11 is 0. The van der Waals surface area contributed by atoms with Crippen LogP contribution in [0.3, 0.4) is 0 Å². The van der Waals surface area contributed by atoms with E-state index in [0.717, 1.165) is 37.6 Å². The Morgan fingerprint density at radius 3 is 2.75 bits per heavy atom. The van der Waals surface area contributed by atoms with E-state index in [4.69, 9.17) is 5.73 Å².